The van der Waals surface area contributed by atoms with Crippen LogP contribution >= 0.6 is 15.9 Å². The molecule has 0 saturated heterocycles. The summed E-state index contributed by atoms with van der Waals surface area (Å²) < 4.78 is 0.406. The smallest absolute Gasteiger partial charge is 0.284 e. The quantitative estimate of drug-likeness (QED) is 0.360. The molecule has 0 aliphatic carbocycles. The van der Waals surface area contributed by atoms with Gasteiger partial charge in [0.2, 0.25) is 0 Å². The molecule has 0 spiro atoms. The molecule has 0 unspecified atom stereocenters. The fourth-order valence-corrected chi connectivity index (χ4v) is 2.72. The second kappa shape index (κ2) is 7.27. The second-order valence-electron chi connectivity index (χ2n) is 5.30. The maximum Gasteiger partial charge on any atom is 0.284 e. The lowest BCUT2D eigenvalue weighted by Gasteiger charge is -2.05. The summed E-state index contributed by atoms with van der Waals surface area (Å²) in [6.07, 6.45) is 1.49. The van der Waals surface area contributed by atoms with Gasteiger partial charge in [0.15, 0.2) is 0 Å². The Morgan fingerprint density at radius 1 is 1.00 bits per heavy atom. The van der Waals surface area contributed by atoms with Crippen molar-refractivity contribution < 1.29 is 10.0 Å². The zero-order valence-electron chi connectivity index (χ0n) is 13.0. The van der Waals surface area contributed by atoms with Crippen LogP contribution in [-0.4, -0.2) is 16.2 Å². The van der Waals surface area contributed by atoms with E-state index >= 15 is 0 Å². The van der Waals surface area contributed by atoms with E-state index < -0.39 is 4.92 Å². The van der Waals surface area contributed by atoms with Crippen molar-refractivity contribution in [1.29, 1.82) is 0 Å². The van der Waals surface area contributed by atoms with Crippen LogP contribution < -0.4 is 0 Å². The Balaban J connectivity index is 1.94. The van der Waals surface area contributed by atoms with Gasteiger partial charge in [0.25, 0.3) is 5.69 Å². The molecule has 0 aromatic heterocycles. The fraction of sp³-hybridized carbons (Fsp3) is 0. The van der Waals surface area contributed by atoms with Crippen molar-refractivity contribution in [3.8, 4) is 16.9 Å². The minimum Gasteiger partial charge on any atom is -0.506 e. The van der Waals surface area contributed by atoms with Crippen molar-refractivity contribution >= 4 is 33.5 Å². The minimum absolute atomic E-state index is 0.0359. The third-order valence-corrected chi connectivity index (χ3v) is 4.27. The van der Waals surface area contributed by atoms with Gasteiger partial charge in [-0.2, -0.15) is 0 Å². The monoisotopic (exact) mass is 396 g/mol. The van der Waals surface area contributed by atoms with Crippen molar-refractivity contribution in [1.82, 2.24) is 0 Å². The van der Waals surface area contributed by atoms with E-state index in [1.54, 1.807) is 24.3 Å². The molecule has 0 radical (unpaired) electrons. The summed E-state index contributed by atoms with van der Waals surface area (Å²) in [5.74, 6) is 0.0440. The SMILES string of the molecule is O=[N+]([O-])c1cc(C=Nc2cc(-c3ccccc3)ccc2O)ccc1Br. The average Bonchev–Trinajstić information content (AvgIpc) is 2.62. The van der Waals surface area contributed by atoms with Crippen LogP contribution in [0.4, 0.5) is 11.4 Å². The summed E-state index contributed by atoms with van der Waals surface area (Å²) in [5.41, 5.74) is 2.86. The average molecular weight is 397 g/mol. The van der Waals surface area contributed by atoms with Gasteiger partial charge in [-0.3, -0.25) is 15.1 Å². The molecule has 1 N–H and O–H groups in total. The first kappa shape index (κ1) is 16.9. The standard InChI is InChI=1S/C19H13BrN2O3/c20-16-8-6-13(10-18(16)22(24)25)12-21-17-11-15(7-9-19(17)23)14-4-2-1-3-5-14/h1-12,23H. The molecule has 124 valence electrons. The molecule has 0 heterocycles. The van der Waals surface area contributed by atoms with Gasteiger partial charge in [0.05, 0.1) is 9.40 Å². The van der Waals surface area contributed by atoms with Crippen LogP contribution in [0.25, 0.3) is 11.1 Å². The first-order valence-corrected chi connectivity index (χ1v) is 8.20. The lowest BCUT2D eigenvalue weighted by Crippen LogP contribution is -1.91. The Hall–Kier alpha value is -2.99. The van der Waals surface area contributed by atoms with Crippen LogP contribution in [0.3, 0.4) is 0 Å². The van der Waals surface area contributed by atoms with E-state index in [4.69, 9.17) is 0 Å². The van der Waals surface area contributed by atoms with E-state index in [0.717, 1.165) is 11.1 Å². The van der Waals surface area contributed by atoms with Gasteiger partial charge in [-0.15, -0.1) is 0 Å². The second-order valence-corrected chi connectivity index (χ2v) is 6.15. The maximum absolute atomic E-state index is 11.0. The predicted molar refractivity (Wildman–Crippen MR) is 102 cm³/mol. The van der Waals surface area contributed by atoms with Crippen LogP contribution in [0.1, 0.15) is 5.56 Å². The summed E-state index contributed by atoms with van der Waals surface area (Å²) in [7, 11) is 0. The van der Waals surface area contributed by atoms with Crippen molar-refractivity contribution in [2.45, 2.75) is 0 Å². The fourth-order valence-electron chi connectivity index (χ4n) is 2.33. The molecule has 0 saturated carbocycles. The van der Waals surface area contributed by atoms with Gasteiger partial charge < -0.3 is 5.11 Å². The molecule has 0 amide bonds. The number of rotatable bonds is 4. The van der Waals surface area contributed by atoms with Crippen LogP contribution in [0.2, 0.25) is 0 Å². The Bertz CT molecular complexity index is 956. The topological polar surface area (TPSA) is 75.7 Å². The number of hydrogen-bond donors (Lipinski definition) is 1. The van der Waals surface area contributed by atoms with Crippen LogP contribution in [0.15, 0.2) is 76.2 Å². The lowest BCUT2D eigenvalue weighted by atomic mass is 10.0. The van der Waals surface area contributed by atoms with Gasteiger partial charge in [0, 0.05) is 12.3 Å². The van der Waals surface area contributed by atoms with E-state index in [9.17, 15) is 15.2 Å². The van der Waals surface area contributed by atoms with E-state index in [1.807, 2.05) is 36.4 Å². The van der Waals surface area contributed by atoms with Crippen molar-refractivity contribution in [3.63, 3.8) is 0 Å². The maximum atomic E-state index is 11.0. The molecule has 3 aromatic carbocycles. The Kier molecular flexibility index (Phi) is 4.90. The van der Waals surface area contributed by atoms with Gasteiger partial charge >= 0.3 is 0 Å². The first-order valence-electron chi connectivity index (χ1n) is 7.41. The highest BCUT2D eigenvalue weighted by Crippen LogP contribution is 2.32. The zero-order chi connectivity index (χ0) is 17.8. The number of nitrogens with zero attached hydrogens (tertiary/aromatic N) is 2. The number of halogens is 1. The lowest BCUT2D eigenvalue weighted by molar-refractivity contribution is -0.385. The molecule has 0 aliphatic heterocycles. The van der Waals surface area contributed by atoms with Crippen molar-refractivity contribution in [3.05, 3.63) is 86.9 Å². The van der Waals surface area contributed by atoms with Gasteiger partial charge in [-0.05, 0) is 50.8 Å². The normalized spacial score (nSPS) is 10.9. The minimum atomic E-state index is -0.463. The molecule has 0 atom stereocenters. The van der Waals surface area contributed by atoms with E-state index in [2.05, 4.69) is 20.9 Å². The summed E-state index contributed by atoms with van der Waals surface area (Å²) in [5, 5.41) is 21.0. The van der Waals surface area contributed by atoms with Crippen LogP contribution in [-0.2, 0) is 0 Å². The highest BCUT2D eigenvalue weighted by molar-refractivity contribution is 9.10. The third kappa shape index (κ3) is 3.92. The largest absolute Gasteiger partial charge is 0.506 e. The summed E-state index contributed by atoms with van der Waals surface area (Å²) in [6, 6.07) is 19.6. The van der Waals surface area contributed by atoms with Crippen LogP contribution in [0.5, 0.6) is 5.75 Å². The van der Waals surface area contributed by atoms with Gasteiger partial charge in [-0.1, -0.05) is 42.5 Å². The summed E-state index contributed by atoms with van der Waals surface area (Å²) in [4.78, 5) is 14.8. The Labute approximate surface area is 152 Å². The number of aliphatic imine (C=N–C) groups is 1. The number of hydrogen-bond acceptors (Lipinski definition) is 4. The molecular formula is C19H13BrN2O3. The number of phenols is 1. The molecule has 3 aromatic rings. The van der Waals surface area contributed by atoms with E-state index in [-0.39, 0.29) is 11.4 Å². The highest BCUT2D eigenvalue weighted by atomic mass is 79.9. The predicted octanol–water partition coefficient (Wildman–Crippen LogP) is 5.48. The molecule has 3 rings (SSSR count). The van der Waals surface area contributed by atoms with E-state index in [0.29, 0.717) is 15.7 Å². The van der Waals surface area contributed by atoms with Gasteiger partial charge in [-0.25, -0.2) is 0 Å². The van der Waals surface area contributed by atoms with Crippen molar-refractivity contribution in [2.75, 3.05) is 0 Å². The molecule has 6 heteroatoms. The number of nitro groups is 1. The first-order chi connectivity index (χ1) is 12.0. The number of phenolic OH excluding ortho intramolecular Hbond substituents is 1. The molecule has 0 bridgehead atoms. The zero-order valence-corrected chi connectivity index (χ0v) is 14.6. The molecule has 0 aliphatic rings. The number of nitro benzene ring substituents is 1. The number of benzene rings is 3. The van der Waals surface area contributed by atoms with E-state index in [1.165, 1.54) is 12.3 Å². The summed E-state index contributed by atoms with van der Waals surface area (Å²) >= 11 is 3.15. The summed E-state index contributed by atoms with van der Waals surface area (Å²) in [6.45, 7) is 0. The molecule has 25 heavy (non-hydrogen) atoms. The molecular weight excluding hydrogens is 384 g/mol. The van der Waals surface area contributed by atoms with Crippen LogP contribution in [0, 0.1) is 10.1 Å². The van der Waals surface area contributed by atoms with Crippen molar-refractivity contribution in [2.24, 2.45) is 4.99 Å². The Morgan fingerprint density at radius 3 is 2.48 bits per heavy atom. The molecule has 0 fully saturated rings. The third-order valence-electron chi connectivity index (χ3n) is 3.60. The highest BCUT2D eigenvalue weighted by Gasteiger charge is 2.11. The molecule has 5 nitrogen and oxygen atoms in total. The number of aromatic hydroxyl groups is 1. The van der Waals surface area contributed by atoms with Gasteiger partial charge in [0.1, 0.15) is 11.4 Å². The Morgan fingerprint density at radius 2 is 1.76 bits per heavy atom.